The lowest BCUT2D eigenvalue weighted by Crippen LogP contribution is -2.22. The normalized spacial score (nSPS) is 22.7. The molecule has 154 valence electrons. The number of aromatic amines is 1. The molecular weight excluding hydrogens is 376 g/mol. The van der Waals surface area contributed by atoms with Gasteiger partial charge in [0.2, 0.25) is 0 Å². The van der Waals surface area contributed by atoms with Crippen molar-refractivity contribution in [3.63, 3.8) is 0 Å². The standard InChI is InChI=1S/C23H26N6O/c1-15-12-28(13-17-7-3-2-6-16(17)10-24)14-20(15)21-26-22-19(23(30)27-21)11-25-29(22)18-8-4-5-9-18/h2-3,6-7,11,15,18,20H,4-5,8-9,12-14H2,1H3,(H,26,27,30). The monoisotopic (exact) mass is 402 g/mol. The molecule has 0 spiro atoms. The first-order valence-corrected chi connectivity index (χ1v) is 10.8. The van der Waals surface area contributed by atoms with Gasteiger partial charge in [0.25, 0.3) is 5.56 Å². The van der Waals surface area contributed by atoms with Crippen LogP contribution < -0.4 is 5.56 Å². The van der Waals surface area contributed by atoms with Crippen molar-refractivity contribution in [2.75, 3.05) is 13.1 Å². The summed E-state index contributed by atoms with van der Waals surface area (Å²) in [5.41, 5.74) is 2.40. The minimum atomic E-state index is -0.0975. The Morgan fingerprint density at radius 1 is 1.23 bits per heavy atom. The molecule has 30 heavy (non-hydrogen) atoms. The van der Waals surface area contributed by atoms with E-state index in [9.17, 15) is 10.1 Å². The molecule has 1 aromatic carbocycles. The molecule has 2 aromatic heterocycles. The molecule has 0 amide bonds. The fourth-order valence-corrected chi connectivity index (χ4v) is 5.11. The molecule has 2 atom stereocenters. The van der Waals surface area contributed by atoms with E-state index in [1.54, 1.807) is 6.20 Å². The first-order chi connectivity index (χ1) is 14.6. The highest BCUT2D eigenvalue weighted by Crippen LogP contribution is 2.33. The maximum absolute atomic E-state index is 12.7. The molecule has 3 aromatic rings. The van der Waals surface area contributed by atoms with Crippen LogP contribution in [0.1, 0.15) is 61.5 Å². The van der Waals surface area contributed by atoms with Crippen molar-refractivity contribution in [3.8, 4) is 6.07 Å². The van der Waals surface area contributed by atoms with E-state index in [0.29, 0.717) is 17.3 Å². The maximum atomic E-state index is 12.7. The number of fused-ring (bicyclic) bond motifs is 1. The average Bonchev–Trinajstić information content (AvgIpc) is 3.48. The van der Waals surface area contributed by atoms with E-state index in [-0.39, 0.29) is 11.5 Å². The Labute approximate surface area is 175 Å². The van der Waals surface area contributed by atoms with Crippen molar-refractivity contribution in [1.82, 2.24) is 24.6 Å². The third-order valence-corrected chi connectivity index (χ3v) is 6.72. The predicted octanol–water partition coefficient (Wildman–Crippen LogP) is 3.34. The van der Waals surface area contributed by atoms with E-state index < -0.39 is 0 Å². The topological polar surface area (TPSA) is 90.6 Å². The van der Waals surface area contributed by atoms with Crippen LogP contribution in [0.25, 0.3) is 11.0 Å². The van der Waals surface area contributed by atoms with Gasteiger partial charge >= 0.3 is 0 Å². The van der Waals surface area contributed by atoms with Crippen molar-refractivity contribution in [3.05, 3.63) is 57.8 Å². The summed E-state index contributed by atoms with van der Waals surface area (Å²) < 4.78 is 1.97. The first kappa shape index (κ1) is 19.0. The van der Waals surface area contributed by atoms with E-state index in [4.69, 9.17) is 4.98 Å². The molecular formula is C23H26N6O. The van der Waals surface area contributed by atoms with E-state index in [0.717, 1.165) is 55.1 Å². The minimum Gasteiger partial charge on any atom is -0.310 e. The molecule has 2 fully saturated rings. The van der Waals surface area contributed by atoms with E-state index >= 15 is 0 Å². The Bertz CT molecular complexity index is 1170. The van der Waals surface area contributed by atoms with Crippen molar-refractivity contribution >= 4 is 11.0 Å². The summed E-state index contributed by atoms with van der Waals surface area (Å²) >= 11 is 0. The van der Waals surface area contributed by atoms with Crippen LogP contribution in [0.4, 0.5) is 0 Å². The summed E-state index contributed by atoms with van der Waals surface area (Å²) in [6.07, 6.45) is 6.28. The number of hydrogen-bond donors (Lipinski definition) is 1. The Hall–Kier alpha value is -2.98. The molecule has 1 aliphatic heterocycles. The number of nitrogens with zero attached hydrogens (tertiary/aromatic N) is 5. The highest BCUT2D eigenvalue weighted by molar-refractivity contribution is 5.73. The van der Waals surface area contributed by atoms with E-state index in [1.165, 1.54) is 12.8 Å². The Morgan fingerprint density at radius 3 is 2.83 bits per heavy atom. The van der Waals surface area contributed by atoms with Crippen LogP contribution >= 0.6 is 0 Å². The van der Waals surface area contributed by atoms with Gasteiger partial charge in [0.15, 0.2) is 5.65 Å². The fraction of sp³-hybridized carbons (Fsp3) is 0.478. The highest BCUT2D eigenvalue weighted by Gasteiger charge is 2.33. The number of hydrogen-bond acceptors (Lipinski definition) is 5. The number of H-pyrrole nitrogens is 1. The smallest absolute Gasteiger partial charge is 0.262 e. The zero-order chi connectivity index (χ0) is 20.7. The van der Waals surface area contributed by atoms with Crippen LogP contribution in [0.3, 0.4) is 0 Å². The predicted molar refractivity (Wildman–Crippen MR) is 114 cm³/mol. The van der Waals surface area contributed by atoms with Crippen molar-refractivity contribution in [1.29, 1.82) is 5.26 Å². The van der Waals surface area contributed by atoms with Gasteiger partial charge in [-0.3, -0.25) is 9.69 Å². The Kier molecular flexibility index (Phi) is 4.87. The third kappa shape index (κ3) is 3.31. The molecule has 7 nitrogen and oxygen atoms in total. The molecule has 1 saturated carbocycles. The van der Waals surface area contributed by atoms with Crippen molar-refractivity contribution in [2.45, 2.75) is 51.1 Å². The number of aromatic nitrogens is 4. The lowest BCUT2D eigenvalue weighted by molar-refractivity contribution is 0.318. The average molecular weight is 403 g/mol. The van der Waals surface area contributed by atoms with Crippen LogP contribution in [-0.2, 0) is 6.54 Å². The van der Waals surface area contributed by atoms with Crippen molar-refractivity contribution in [2.24, 2.45) is 5.92 Å². The van der Waals surface area contributed by atoms with Gasteiger partial charge in [0, 0.05) is 25.6 Å². The zero-order valence-corrected chi connectivity index (χ0v) is 17.2. The fourth-order valence-electron chi connectivity index (χ4n) is 5.11. The molecule has 2 unspecified atom stereocenters. The summed E-state index contributed by atoms with van der Waals surface area (Å²) in [6, 6.07) is 10.4. The first-order valence-electron chi connectivity index (χ1n) is 10.8. The largest absolute Gasteiger partial charge is 0.310 e. The molecule has 1 saturated heterocycles. The van der Waals surface area contributed by atoms with Gasteiger partial charge in [-0.2, -0.15) is 10.4 Å². The van der Waals surface area contributed by atoms with Crippen LogP contribution in [0.15, 0.2) is 35.3 Å². The van der Waals surface area contributed by atoms with Crippen LogP contribution in [-0.4, -0.2) is 37.7 Å². The number of likely N-dealkylation sites (tertiary alicyclic amines) is 1. The summed E-state index contributed by atoms with van der Waals surface area (Å²) in [4.78, 5) is 23.0. The molecule has 1 aliphatic carbocycles. The molecule has 5 rings (SSSR count). The summed E-state index contributed by atoms with van der Waals surface area (Å²) in [5, 5.41) is 14.5. The SMILES string of the molecule is CC1CN(Cc2ccccc2C#N)CC1c1nc2c(cnn2C2CCCC2)c(=O)[nH]1. The van der Waals surface area contributed by atoms with E-state index in [2.05, 4.69) is 28.0 Å². The molecule has 3 heterocycles. The summed E-state index contributed by atoms with van der Waals surface area (Å²) in [5.74, 6) is 1.28. The van der Waals surface area contributed by atoms with Gasteiger partial charge in [0.05, 0.1) is 23.9 Å². The molecule has 2 aliphatic rings. The Morgan fingerprint density at radius 2 is 2.03 bits per heavy atom. The second kappa shape index (κ2) is 7.69. The third-order valence-electron chi connectivity index (χ3n) is 6.72. The minimum absolute atomic E-state index is 0.0975. The Balaban J connectivity index is 1.43. The summed E-state index contributed by atoms with van der Waals surface area (Å²) in [7, 11) is 0. The van der Waals surface area contributed by atoms with Crippen LogP contribution in [0.5, 0.6) is 0 Å². The zero-order valence-electron chi connectivity index (χ0n) is 17.2. The maximum Gasteiger partial charge on any atom is 0.262 e. The molecule has 1 N–H and O–H groups in total. The second-order valence-corrected chi connectivity index (χ2v) is 8.76. The summed E-state index contributed by atoms with van der Waals surface area (Å²) in [6.45, 7) is 4.66. The van der Waals surface area contributed by atoms with Gasteiger partial charge < -0.3 is 4.98 Å². The van der Waals surface area contributed by atoms with Gasteiger partial charge in [0.1, 0.15) is 11.2 Å². The number of nitriles is 1. The molecule has 7 heteroatoms. The second-order valence-electron chi connectivity index (χ2n) is 8.76. The number of benzene rings is 1. The molecule has 0 bridgehead atoms. The quantitative estimate of drug-likeness (QED) is 0.723. The van der Waals surface area contributed by atoms with Crippen LogP contribution in [0, 0.1) is 17.2 Å². The van der Waals surface area contributed by atoms with Gasteiger partial charge in [-0.1, -0.05) is 38.0 Å². The van der Waals surface area contributed by atoms with Crippen molar-refractivity contribution < 1.29 is 0 Å². The van der Waals surface area contributed by atoms with Crippen LogP contribution in [0.2, 0.25) is 0 Å². The highest BCUT2D eigenvalue weighted by atomic mass is 16.1. The number of rotatable bonds is 4. The van der Waals surface area contributed by atoms with Gasteiger partial charge in [-0.15, -0.1) is 0 Å². The van der Waals surface area contributed by atoms with E-state index in [1.807, 2.05) is 28.9 Å². The molecule has 0 radical (unpaired) electrons. The van der Waals surface area contributed by atoms with Gasteiger partial charge in [-0.05, 0) is 30.4 Å². The number of nitrogens with one attached hydrogen (secondary N) is 1. The lowest BCUT2D eigenvalue weighted by atomic mass is 9.97. The lowest BCUT2D eigenvalue weighted by Gasteiger charge is -2.17. The van der Waals surface area contributed by atoms with Gasteiger partial charge in [-0.25, -0.2) is 9.67 Å².